The van der Waals surface area contributed by atoms with E-state index in [9.17, 15) is 0 Å². The van der Waals surface area contributed by atoms with Gasteiger partial charge in [-0.3, -0.25) is 15.0 Å². The number of nitrogens with one attached hydrogen (secondary N) is 1. The van der Waals surface area contributed by atoms with Gasteiger partial charge in [-0.2, -0.15) is 0 Å². The Morgan fingerprint density at radius 2 is 1.87 bits per heavy atom. The van der Waals surface area contributed by atoms with E-state index in [-0.39, 0.29) is 12.1 Å². The predicted molar refractivity (Wildman–Crippen MR) is 269 cm³/mol. The van der Waals surface area contributed by atoms with Crippen molar-refractivity contribution in [1.82, 2.24) is 10.3 Å². The van der Waals surface area contributed by atoms with Crippen molar-refractivity contribution in [2.24, 2.45) is 44.9 Å². The number of nitrogens with zero attached hydrogens (tertiary/aromatic N) is 3. The summed E-state index contributed by atoms with van der Waals surface area (Å²) >= 11 is 0. The molecular weight excluding hydrogens is 771 g/mol. The fourth-order valence-electron chi connectivity index (χ4n) is 9.13. The van der Waals surface area contributed by atoms with Crippen LogP contribution in [0.2, 0.25) is 0 Å². The van der Waals surface area contributed by atoms with Crippen LogP contribution in [0, 0.1) is 17.8 Å². The first-order valence-corrected chi connectivity index (χ1v) is 23.7. The molecule has 7 N–H and O–H groups in total. The Labute approximate surface area is 379 Å². The molecule has 0 fully saturated rings. The summed E-state index contributed by atoms with van der Waals surface area (Å²) in [7, 11) is 0. The van der Waals surface area contributed by atoms with Crippen LogP contribution in [-0.2, 0) is 0 Å². The highest BCUT2D eigenvalue weighted by Gasteiger charge is 2.29. The molecule has 7 nitrogen and oxygen atoms in total. The lowest BCUT2D eigenvalue weighted by atomic mass is 9.76. The molecule has 1 aromatic rings. The van der Waals surface area contributed by atoms with Gasteiger partial charge in [-0.1, -0.05) is 111 Å². The Kier molecular flexibility index (Phi) is 18.2. The van der Waals surface area contributed by atoms with Crippen molar-refractivity contribution in [3.05, 3.63) is 186 Å². The lowest BCUT2D eigenvalue weighted by Crippen LogP contribution is -2.26. The maximum atomic E-state index is 6.40. The number of hydrogen-bond acceptors (Lipinski definition) is 7. The second-order valence-electron chi connectivity index (χ2n) is 17.6. The second kappa shape index (κ2) is 24.4. The molecule has 0 saturated heterocycles. The molecule has 332 valence electrons. The fourth-order valence-corrected chi connectivity index (χ4v) is 9.13. The quantitative estimate of drug-likeness (QED) is 0.0557. The number of aliphatic imine (C=N–C) groups is 2. The summed E-state index contributed by atoms with van der Waals surface area (Å²) in [5, 5.41) is 3.43. The van der Waals surface area contributed by atoms with Crippen LogP contribution in [0.1, 0.15) is 121 Å². The van der Waals surface area contributed by atoms with Crippen molar-refractivity contribution >= 4 is 11.4 Å². The van der Waals surface area contributed by atoms with Gasteiger partial charge in [-0.05, 0) is 155 Å². The molecular formula is C56H73N7. The molecule has 0 spiro atoms. The summed E-state index contributed by atoms with van der Waals surface area (Å²) in [6.45, 7) is 15.9. The first-order chi connectivity index (χ1) is 30.7. The van der Waals surface area contributed by atoms with E-state index >= 15 is 0 Å². The van der Waals surface area contributed by atoms with E-state index in [1.54, 1.807) is 0 Å². The number of allylic oxidation sites excluding steroid dienone is 18. The molecule has 0 radical (unpaired) electrons. The maximum absolute atomic E-state index is 6.40. The van der Waals surface area contributed by atoms with Crippen molar-refractivity contribution < 1.29 is 0 Å². The molecule has 0 aromatic carbocycles. The van der Waals surface area contributed by atoms with Crippen LogP contribution in [-0.4, -0.2) is 29.0 Å². The standard InChI is InChI=1S/C56H73N7/c1-5-7-8-21-49(57)50(58)22-13-18-41(4)43-28-30-44(31-29-43)47-38-48(20-15-19-42(6-2)40(3)17-14-23-51(59)53-24-9-11-36-60-53)62-56(39-47)46-34-32-45(33-35-46)52-26-16-27-55(63-52)54-25-10-12-37-61-54/h5,10,12-13,16,18-19,21,23-26,28-30,34,37-38,44-45,47,50,55,60H,1,3-4,6-9,11,14-15,17,20,22,27,31-33,35-36,39,57-59H2,2H3/b18-13-,42-19+,49-21-,51-23-/t44?,45?,47?,50?,55-/m0/s1. The van der Waals surface area contributed by atoms with Gasteiger partial charge in [-0.15, -0.1) is 6.58 Å². The molecule has 3 aliphatic heterocycles. The zero-order valence-corrected chi connectivity index (χ0v) is 38.0. The molecule has 1 aromatic heterocycles. The first-order valence-electron chi connectivity index (χ1n) is 23.7. The van der Waals surface area contributed by atoms with Gasteiger partial charge in [0.2, 0.25) is 0 Å². The van der Waals surface area contributed by atoms with Gasteiger partial charge < -0.3 is 22.5 Å². The molecule has 6 rings (SSSR count). The van der Waals surface area contributed by atoms with E-state index in [1.165, 1.54) is 39.4 Å². The van der Waals surface area contributed by atoms with Crippen LogP contribution >= 0.6 is 0 Å². The lowest BCUT2D eigenvalue weighted by molar-refractivity contribution is 0.478. The van der Waals surface area contributed by atoms with Gasteiger partial charge in [0.05, 0.1) is 23.1 Å². The minimum absolute atomic E-state index is 0.105. The minimum atomic E-state index is -0.202. The maximum Gasteiger partial charge on any atom is 0.0957 e. The summed E-state index contributed by atoms with van der Waals surface area (Å²) in [6, 6.07) is 6.03. The normalized spacial score (nSPS) is 23.7. The van der Waals surface area contributed by atoms with E-state index in [1.807, 2.05) is 24.4 Å². The monoisotopic (exact) mass is 844 g/mol. The largest absolute Gasteiger partial charge is 0.401 e. The van der Waals surface area contributed by atoms with Gasteiger partial charge in [0.15, 0.2) is 0 Å². The predicted octanol–water partition coefficient (Wildman–Crippen LogP) is 12.3. The van der Waals surface area contributed by atoms with Crippen molar-refractivity contribution in [1.29, 1.82) is 0 Å². The molecule has 5 atom stereocenters. The van der Waals surface area contributed by atoms with Crippen LogP contribution < -0.4 is 22.5 Å². The third-order valence-electron chi connectivity index (χ3n) is 13.0. The number of unbranched alkanes of at least 4 members (excludes halogenated alkanes) is 1. The van der Waals surface area contributed by atoms with E-state index < -0.39 is 0 Å². The second-order valence-corrected chi connectivity index (χ2v) is 17.6. The van der Waals surface area contributed by atoms with Crippen molar-refractivity contribution in [2.75, 3.05) is 6.54 Å². The molecule has 7 heteroatoms. The van der Waals surface area contributed by atoms with Gasteiger partial charge in [0.25, 0.3) is 0 Å². The third-order valence-corrected chi connectivity index (χ3v) is 13.0. The molecule has 63 heavy (non-hydrogen) atoms. The van der Waals surface area contributed by atoms with E-state index in [4.69, 9.17) is 27.2 Å². The molecule has 4 heterocycles. The van der Waals surface area contributed by atoms with Crippen molar-refractivity contribution in [2.45, 2.75) is 122 Å². The topological polar surface area (TPSA) is 128 Å². The van der Waals surface area contributed by atoms with Crippen LogP contribution in [0.15, 0.2) is 190 Å². The average molecular weight is 844 g/mol. The van der Waals surface area contributed by atoms with Gasteiger partial charge in [-0.25, -0.2) is 0 Å². The summed E-state index contributed by atoms with van der Waals surface area (Å²) in [6.07, 6.45) is 48.4. The Bertz CT molecular complexity index is 2160. The summed E-state index contributed by atoms with van der Waals surface area (Å²) in [5.74, 6) is 1.19. The number of aromatic nitrogens is 1. The van der Waals surface area contributed by atoms with Gasteiger partial charge in [0.1, 0.15) is 0 Å². The minimum Gasteiger partial charge on any atom is -0.401 e. The van der Waals surface area contributed by atoms with Gasteiger partial charge >= 0.3 is 0 Å². The number of nitrogens with two attached hydrogens (primary N) is 3. The Morgan fingerprint density at radius 3 is 2.60 bits per heavy atom. The average Bonchev–Trinajstić information content (AvgIpc) is 3.33. The highest BCUT2D eigenvalue weighted by Crippen LogP contribution is 2.38. The highest BCUT2D eigenvalue weighted by molar-refractivity contribution is 6.03. The number of dihydropyridines is 1. The summed E-state index contributed by atoms with van der Waals surface area (Å²) < 4.78 is 0. The molecule has 0 amide bonds. The summed E-state index contributed by atoms with van der Waals surface area (Å²) in [5.41, 5.74) is 32.5. The first kappa shape index (κ1) is 47.0. The zero-order chi connectivity index (χ0) is 44.4. The van der Waals surface area contributed by atoms with Crippen molar-refractivity contribution in [3.8, 4) is 0 Å². The molecule has 4 unspecified atom stereocenters. The lowest BCUT2D eigenvalue weighted by Gasteiger charge is -2.31. The fraction of sp³-hybridized carbons (Fsp3) is 0.411. The van der Waals surface area contributed by atoms with E-state index in [0.717, 1.165) is 131 Å². The zero-order valence-electron chi connectivity index (χ0n) is 38.0. The third kappa shape index (κ3) is 14.0. The number of rotatable bonds is 21. The Hall–Kier alpha value is -5.53. The molecule has 0 bridgehead atoms. The van der Waals surface area contributed by atoms with Crippen LogP contribution in [0.4, 0.5) is 0 Å². The molecule has 0 saturated carbocycles. The van der Waals surface area contributed by atoms with Crippen LogP contribution in [0.3, 0.4) is 0 Å². The van der Waals surface area contributed by atoms with Gasteiger partial charge in [0, 0.05) is 47.5 Å². The molecule has 2 aliphatic carbocycles. The highest BCUT2D eigenvalue weighted by atomic mass is 14.9. The SMILES string of the molecule is C=CCC/C=C(\N)C(N)C/C=C\C(=C)C1=CCC(C2C=C(CC/C=C(\CC)C(=C)CC/C=C(\N)C3=CCCCN3)N=C(C3=CCC(C4=N[C@H](c5ccccn5)CC=C4)CC3)C2)C=C1. The number of pyridine rings is 1. The molecule has 5 aliphatic rings. The summed E-state index contributed by atoms with van der Waals surface area (Å²) in [4.78, 5) is 15.2. The number of hydrogen-bond donors (Lipinski definition) is 4. The van der Waals surface area contributed by atoms with Crippen molar-refractivity contribution in [3.63, 3.8) is 0 Å². The Morgan fingerprint density at radius 1 is 0.984 bits per heavy atom. The smallest absolute Gasteiger partial charge is 0.0957 e. The van der Waals surface area contributed by atoms with E-state index in [2.05, 4.69) is 122 Å². The Balaban J connectivity index is 1.11. The van der Waals surface area contributed by atoms with Crippen LogP contribution in [0.5, 0.6) is 0 Å². The van der Waals surface area contributed by atoms with E-state index in [0.29, 0.717) is 24.2 Å². The van der Waals surface area contributed by atoms with Crippen LogP contribution in [0.25, 0.3) is 0 Å².